The number of nitrogens with zero attached hydrogens (tertiary/aromatic N) is 2. The molecule has 0 atom stereocenters. The monoisotopic (exact) mass is 227 g/mol. The van der Waals surface area contributed by atoms with E-state index in [2.05, 4.69) is 10.1 Å². The first kappa shape index (κ1) is 11.8. The SMILES string of the molecule is COCCSc1ccc(/C(N)=N/O)nc1. The molecule has 82 valence electrons. The van der Waals surface area contributed by atoms with Gasteiger partial charge in [0.05, 0.1) is 6.61 Å². The minimum atomic E-state index is 0.0171. The number of aromatic nitrogens is 1. The number of hydrogen-bond acceptors (Lipinski definition) is 5. The number of methoxy groups -OCH3 is 1. The second-order valence-corrected chi connectivity index (χ2v) is 3.87. The van der Waals surface area contributed by atoms with E-state index in [4.69, 9.17) is 15.7 Å². The lowest BCUT2D eigenvalue weighted by Crippen LogP contribution is -2.14. The topological polar surface area (TPSA) is 80.7 Å². The highest BCUT2D eigenvalue weighted by molar-refractivity contribution is 7.99. The van der Waals surface area contributed by atoms with E-state index in [0.29, 0.717) is 12.3 Å². The number of nitrogens with two attached hydrogens (primary N) is 1. The highest BCUT2D eigenvalue weighted by Crippen LogP contribution is 2.16. The number of pyridine rings is 1. The van der Waals surface area contributed by atoms with Crippen molar-refractivity contribution in [3.8, 4) is 0 Å². The normalized spacial score (nSPS) is 11.7. The van der Waals surface area contributed by atoms with E-state index in [9.17, 15) is 0 Å². The van der Waals surface area contributed by atoms with E-state index in [1.54, 1.807) is 31.1 Å². The highest BCUT2D eigenvalue weighted by atomic mass is 32.2. The molecule has 0 aromatic carbocycles. The molecule has 0 bridgehead atoms. The fourth-order valence-corrected chi connectivity index (χ4v) is 1.69. The number of oxime groups is 1. The first-order valence-corrected chi connectivity index (χ1v) is 5.32. The van der Waals surface area contributed by atoms with Gasteiger partial charge in [0.15, 0.2) is 5.84 Å². The van der Waals surface area contributed by atoms with Crippen LogP contribution < -0.4 is 5.73 Å². The van der Waals surface area contributed by atoms with Gasteiger partial charge in [-0.15, -0.1) is 11.8 Å². The van der Waals surface area contributed by atoms with Gasteiger partial charge in [0.1, 0.15) is 5.69 Å². The fourth-order valence-electron chi connectivity index (χ4n) is 0.911. The molecule has 0 aliphatic rings. The Balaban J connectivity index is 2.56. The summed E-state index contributed by atoms with van der Waals surface area (Å²) in [5, 5.41) is 11.3. The van der Waals surface area contributed by atoms with Crippen LogP contribution in [0.1, 0.15) is 5.69 Å². The summed E-state index contributed by atoms with van der Waals surface area (Å²) in [6, 6.07) is 3.59. The number of rotatable bonds is 5. The largest absolute Gasteiger partial charge is 0.409 e. The molecule has 0 unspecified atom stereocenters. The van der Waals surface area contributed by atoms with Crippen molar-refractivity contribution >= 4 is 17.6 Å². The molecule has 6 heteroatoms. The summed E-state index contributed by atoms with van der Waals surface area (Å²) in [5.74, 6) is 0.893. The van der Waals surface area contributed by atoms with Gasteiger partial charge < -0.3 is 15.7 Å². The van der Waals surface area contributed by atoms with Crippen molar-refractivity contribution in [3.05, 3.63) is 24.0 Å². The predicted molar refractivity (Wildman–Crippen MR) is 59.3 cm³/mol. The lowest BCUT2D eigenvalue weighted by Gasteiger charge is -2.01. The van der Waals surface area contributed by atoms with Crippen LogP contribution in [0.4, 0.5) is 0 Å². The van der Waals surface area contributed by atoms with Gasteiger partial charge in [-0.3, -0.25) is 4.98 Å². The van der Waals surface area contributed by atoms with E-state index in [-0.39, 0.29) is 5.84 Å². The zero-order valence-corrected chi connectivity index (χ0v) is 9.20. The Kier molecular flexibility index (Phi) is 4.92. The maximum atomic E-state index is 8.43. The maximum Gasteiger partial charge on any atom is 0.188 e. The average molecular weight is 227 g/mol. The molecule has 0 radical (unpaired) electrons. The molecule has 1 aromatic heterocycles. The summed E-state index contributed by atoms with van der Waals surface area (Å²) in [6.45, 7) is 0.701. The van der Waals surface area contributed by atoms with Crippen LogP contribution in [0, 0.1) is 0 Å². The van der Waals surface area contributed by atoms with Crippen molar-refractivity contribution in [2.24, 2.45) is 10.9 Å². The lowest BCUT2D eigenvalue weighted by molar-refractivity contribution is 0.218. The van der Waals surface area contributed by atoms with Crippen LogP contribution in [-0.4, -0.2) is 35.5 Å². The Hall–Kier alpha value is -1.27. The van der Waals surface area contributed by atoms with Gasteiger partial charge in [-0.25, -0.2) is 0 Å². The van der Waals surface area contributed by atoms with E-state index in [0.717, 1.165) is 10.6 Å². The molecule has 15 heavy (non-hydrogen) atoms. The molecular weight excluding hydrogens is 214 g/mol. The summed E-state index contributed by atoms with van der Waals surface area (Å²) in [7, 11) is 1.67. The van der Waals surface area contributed by atoms with Crippen LogP contribution in [0.3, 0.4) is 0 Å². The van der Waals surface area contributed by atoms with Crippen molar-refractivity contribution in [2.45, 2.75) is 4.90 Å². The number of ether oxygens (including phenoxy) is 1. The average Bonchev–Trinajstić information content (AvgIpc) is 2.29. The maximum absolute atomic E-state index is 8.43. The zero-order chi connectivity index (χ0) is 11.1. The van der Waals surface area contributed by atoms with Gasteiger partial charge >= 0.3 is 0 Å². The third-order valence-corrected chi connectivity index (χ3v) is 2.61. The number of thioether (sulfide) groups is 1. The molecule has 0 amide bonds. The van der Waals surface area contributed by atoms with E-state index < -0.39 is 0 Å². The van der Waals surface area contributed by atoms with Gasteiger partial charge in [0.2, 0.25) is 0 Å². The second kappa shape index (κ2) is 6.26. The minimum absolute atomic E-state index is 0.0171. The van der Waals surface area contributed by atoms with Crippen molar-refractivity contribution in [3.63, 3.8) is 0 Å². The third kappa shape index (κ3) is 3.77. The van der Waals surface area contributed by atoms with Crippen LogP contribution in [-0.2, 0) is 4.74 Å². The van der Waals surface area contributed by atoms with Gasteiger partial charge in [-0.1, -0.05) is 5.16 Å². The van der Waals surface area contributed by atoms with E-state index in [1.807, 2.05) is 6.07 Å². The molecule has 5 nitrogen and oxygen atoms in total. The molecule has 1 heterocycles. The van der Waals surface area contributed by atoms with Crippen LogP contribution in [0.2, 0.25) is 0 Å². The highest BCUT2D eigenvalue weighted by Gasteiger charge is 2.00. The number of amidine groups is 1. The quantitative estimate of drug-likeness (QED) is 0.195. The molecule has 0 saturated carbocycles. The summed E-state index contributed by atoms with van der Waals surface area (Å²) in [5.41, 5.74) is 5.84. The Labute approximate surface area is 92.3 Å². The van der Waals surface area contributed by atoms with Crippen molar-refractivity contribution in [2.75, 3.05) is 19.5 Å². The predicted octanol–water partition coefficient (Wildman–Crippen LogP) is 0.915. The minimum Gasteiger partial charge on any atom is -0.409 e. The van der Waals surface area contributed by atoms with Crippen molar-refractivity contribution in [1.29, 1.82) is 0 Å². The molecule has 0 spiro atoms. The Morgan fingerprint density at radius 3 is 3.00 bits per heavy atom. The molecule has 0 aliphatic carbocycles. The molecular formula is C9H13N3O2S. The summed E-state index contributed by atoms with van der Waals surface area (Å²) in [4.78, 5) is 5.08. The molecule has 3 N–H and O–H groups in total. The third-order valence-electron chi connectivity index (χ3n) is 1.66. The van der Waals surface area contributed by atoms with Crippen LogP contribution in [0.15, 0.2) is 28.4 Å². The molecule has 0 fully saturated rings. The van der Waals surface area contributed by atoms with E-state index in [1.165, 1.54) is 0 Å². The number of hydrogen-bond donors (Lipinski definition) is 2. The smallest absolute Gasteiger partial charge is 0.188 e. The summed E-state index contributed by atoms with van der Waals surface area (Å²) in [6.07, 6.45) is 1.69. The first-order valence-electron chi connectivity index (χ1n) is 4.33. The second-order valence-electron chi connectivity index (χ2n) is 2.71. The van der Waals surface area contributed by atoms with Gasteiger partial charge in [-0.05, 0) is 12.1 Å². The Morgan fingerprint density at radius 2 is 2.47 bits per heavy atom. The van der Waals surface area contributed by atoms with E-state index >= 15 is 0 Å². The Bertz CT molecular complexity index is 327. The van der Waals surface area contributed by atoms with Crippen LogP contribution in [0.5, 0.6) is 0 Å². The zero-order valence-electron chi connectivity index (χ0n) is 8.38. The first-order chi connectivity index (χ1) is 7.27. The van der Waals surface area contributed by atoms with Crippen molar-refractivity contribution in [1.82, 2.24) is 4.98 Å². The van der Waals surface area contributed by atoms with Crippen LogP contribution >= 0.6 is 11.8 Å². The van der Waals surface area contributed by atoms with Gasteiger partial charge in [0.25, 0.3) is 0 Å². The standard InChI is InChI=1S/C9H13N3O2S/c1-14-4-5-15-7-2-3-8(11-6-7)9(10)12-13/h2-3,6,13H,4-5H2,1H3,(H2,10,12). The molecule has 1 aromatic rings. The Morgan fingerprint density at radius 1 is 1.67 bits per heavy atom. The van der Waals surface area contributed by atoms with Crippen molar-refractivity contribution < 1.29 is 9.94 Å². The summed E-state index contributed by atoms with van der Waals surface area (Å²) < 4.78 is 4.93. The van der Waals surface area contributed by atoms with Gasteiger partial charge in [-0.2, -0.15) is 0 Å². The molecule has 0 aliphatic heterocycles. The summed E-state index contributed by atoms with van der Waals surface area (Å²) >= 11 is 1.64. The molecule has 0 saturated heterocycles. The van der Waals surface area contributed by atoms with Gasteiger partial charge in [0, 0.05) is 24.0 Å². The van der Waals surface area contributed by atoms with Crippen LogP contribution in [0.25, 0.3) is 0 Å². The molecule has 1 rings (SSSR count). The fraction of sp³-hybridized carbons (Fsp3) is 0.333. The lowest BCUT2D eigenvalue weighted by atomic mass is 10.3.